The summed E-state index contributed by atoms with van der Waals surface area (Å²) in [5.41, 5.74) is 9.66. The van der Waals surface area contributed by atoms with Gasteiger partial charge in [-0.15, -0.1) is 12.8 Å². The first-order valence-corrected chi connectivity index (χ1v) is 37.9. The number of amides is 5. The molecule has 15 aromatic rings. The zero-order valence-corrected chi connectivity index (χ0v) is 67.7. The van der Waals surface area contributed by atoms with E-state index in [2.05, 4.69) is 84.4 Å². The number of ether oxygens (including phenoxy) is 5. The molecule has 10 aromatic carbocycles. The number of hydrogen-bond acceptors (Lipinski definition) is 19. The van der Waals surface area contributed by atoms with Crippen LogP contribution in [0.1, 0.15) is 90.9 Å². The second kappa shape index (κ2) is 44.1. The summed E-state index contributed by atoms with van der Waals surface area (Å²) in [6, 6.07) is 67.6. The molecular weight excluding hydrogens is 1620 g/mol. The summed E-state index contributed by atoms with van der Waals surface area (Å²) in [6.45, 7) is 7.72. The number of pyridine rings is 2. The molecule has 5 amide bonds. The standard InChI is InChI=1S/C20H17ClN2O2.C20H13ClN2O2.C19H11F2N3O2.C19H14N4O2.C18H15N3O2/c1-13-4-3-5-15(8-13)20(24)23-17-9-16(21)10-19(11-17)25-18-7-6-14(2)22-12-18;1-2-14-5-3-6-15(9-14)20(24)23-17-10-16(21)11-19(12-17)25-18-7-4-8-22-13-18;1-2-12-5-13(3-4-18(12)21)19(25)24-15-6-14(20)7-16(8-15)26-17-9-22-11-23-10-17;1-13-3-2-4-15(5-13)19(24)23-16-6-14(9-20)7-17(8-16)25-18-10-21-12-22-11-18;1-13-4-2-5-14(8-13)18(22)21-15-6-3-7-16(9-15)23-17-10-19-12-20-11-17/h3-12H,1-2H3,(H,23,24);1,3-13H,(H,23,24);1,3-11H,(H,24,25);2-8,10-12H,1H3,(H,23,24);2-12H,1H3,(H,21,22). The number of nitriles is 1. The van der Waals surface area contributed by atoms with Crippen LogP contribution in [0.5, 0.6) is 57.5 Å². The van der Waals surface area contributed by atoms with Crippen molar-refractivity contribution in [3.63, 3.8) is 0 Å². The Labute approximate surface area is 721 Å². The largest absolute Gasteiger partial charge is 0.456 e. The van der Waals surface area contributed by atoms with Gasteiger partial charge in [-0.05, 0) is 179 Å². The van der Waals surface area contributed by atoms with E-state index >= 15 is 0 Å². The predicted octanol–water partition coefficient (Wildman–Crippen LogP) is 21.5. The average Bonchev–Trinajstić information content (AvgIpc) is 0.853. The van der Waals surface area contributed by atoms with Crippen molar-refractivity contribution < 1.29 is 56.4 Å². The fourth-order valence-corrected chi connectivity index (χ4v) is 11.5. The number of nitrogens with zero attached hydrogens (tertiary/aromatic N) is 9. The maximum Gasteiger partial charge on any atom is 0.255 e. The fraction of sp³-hybridized carbons (Fsp3) is 0.0417. The minimum absolute atomic E-state index is 0.0370. The molecule has 5 aromatic heterocycles. The van der Waals surface area contributed by atoms with E-state index in [1.54, 1.807) is 158 Å². The summed E-state index contributed by atoms with van der Waals surface area (Å²) in [6.07, 6.45) is 28.6. The third-order valence-electron chi connectivity index (χ3n) is 16.6. The highest BCUT2D eigenvalue weighted by atomic mass is 35.5. The minimum atomic E-state index is -0.613. The Morgan fingerprint density at radius 1 is 0.339 bits per heavy atom. The summed E-state index contributed by atoms with van der Waals surface area (Å²) in [5, 5.41) is 23.9. The van der Waals surface area contributed by atoms with Crippen LogP contribution in [-0.4, -0.2) is 69.4 Å². The number of nitrogens with one attached hydrogen (secondary N) is 5. The lowest BCUT2D eigenvalue weighted by atomic mass is 10.1. The number of hydrogen-bond donors (Lipinski definition) is 5. The van der Waals surface area contributed by atoms with Crippen LogP contribution in [0.2, 0.25) is 10.0 Å². The second-order valence-electron chi connectivity index (χ2n) is 26.4. The number of carbonyl (C=O) groups excluding carboxylic acids is 5. The van der Waals surface area contributed by atoms with E-state index in [0.29, 0.717) is 118 Å². The Morgan fingerprint density at radius 2 is 0.734 bits per heavy atom. The van der Waals surface area contributed by atoms with Crippen molar-refractivity contribution in [3.8, 4) is 88.3 Å². The van der Waals surface area contributed by atoms with Crippen LogP contribution in [0.15, 0.2) is 311 Å². The number of carbonyl (C=O) groups is 5. The van der Waals surface area contributed by atoms with E-state index in [9.17, 15) is 38.0 Å². The Balaban J connectivity index is 0.000000151. The number of aryl methyl sites for hydroxylation is 4. The average molecular weight is 1690 g/mol. The molecule has 0 radical (unpaired) electrons. The quantitative estimate of drug-likeness (QED) is 0.0443. The molecular formula is C96H70Cl2F2N14O10. The van der Waals surface area contributed by atoms with E-state index in [4.69, 9.17) is 59.7 Å². The number of benzene rings is 10. The first-order valence-electron chi connectivity index (χ1n) is 37.2. The van der Waals surface area contributed by atoms with Gasteiger partial charge in [-0.2, -0.15) is 5.26 Å². The maximum atomic E-state index is 13.8. The van der Waals surface area contributed by atoms with Gasteiger partial charge in [0.2, 0.25) is 0 Å². The number of rotatable bonds is 20. The molecule has 0 saturated carbocycles. The van der Waals surface area contributed by atoms with Gasteiger partial charge >= 0.3 is 0 Å². The molecule has 5 heterocycles. The molecule has 5 N–H and O–H groups in total. The molecule has 24 nitrogen and oxygen atoms in total. The van der Waals surface area contributed by atoms with Crippen molar-refractivity contribution in [2.45, 2.75) is 27.7 Å². The first kappa shape index (κ1) is 88.0. The topological polar surface area (TPSA) is 319 Å². The van der Waals surface area contributed by atoms with Crippen molar-refractivity contribution in [2.75, 3.05) is 26.6 Å². The third kappa shape index (κ3) is 27.9. The maximum absolute atomic E-state index is 13.8. The molecule has 15 rings (SSSR count). The van der Waals surface area contributed by atoms with E-state index in [1.165, 1.54) is 62.0 Å². The number of aromatic nitrogens is 8. The summed E-state index contributed by atoms with van der Waals surface area (Å²) in [5.74, 6) is 6.62. The lowest BCUT2D eigenvalue weighted by Crippen LogP contribution is -2.12. The van der Waals surface area contributed by atoms with Crippen molar-refractivity contribution in [1.82, 2.24) is 39.9 Å². The van der Waals surface area contributed by atoms with E-state index in [-0.39, 0.29) is 46.2 Å². The lowest BCUT2D eigenvalue weighted by molar-refractivity contribution is 0.101. The van der Waals surface area contributed by atoms with E-state index in [1.807, 2.05) is 100 Å². The number of halogens is 4. The normalized spacial score (nSPS) is 10.1. The fourth-order valence-electron chi connectivity index (χ4n) is 11.0. The zero-order chi connectivity index (χ0) is 87.7. The van der Waals surface area contributed by atoms with Gasteiger partial charge in [-0.1, -0.05) is 100 Å². The first-order chi connectivity index (χ1) is 60.0. The van der Waals surface area contributed by atoms with Gasteiger partial charge in [0.1, 0.15) is 70.9 Å². The highest BCUT2D eigenvalue weighted by Crippen LogP contribution is 2.33. The van der Waals surface area contributed by atoms with Gasteiger partial charge in [0.25, 0.3) is 29.5 Å². The molecule has 0 atom stereocenters. The van der Waals surface area contributed by atoms with Crippen LogP contribution in [0.25, 0.3) is 0 Å². The molecule has 0 aliphatic rings. The smallest absolute Gasteiger partial charge is 0.255 e. The van der Waals surface area contributed by atoms with Crippen LogP contribution < -0.4 is 50.3 Å². The third-order valence-corrected chi connectivity index (χ3v) is 17.0. The van der Waals surface area contributed by atoms with E-state index in [0.717, 1.165) is 40.6 Å². The van der Waals surface area contributed by atoms with Crippen molar-refractivity contribution in [1.29, 1.82) is 5.26 Å². The van der Waals surface area contributed by atoms with Gasteiger partial charge in [0.05, 0.1) is 66.8 Å². The molecule has 0 spiro atoms. The summed E-state index contributed by atoms with van der Waals surface area (Å²) >= 11 is 12.3. The number of terminal acetylenes is 2. The molecule has 612 valence electrons. The van der Waals surface area contributed by atoms with Crippen molar-refractivity contribution in [3.05, 3.63) is 400 Å². The molecule has 28 heteroatoms. The SMILES string of the molecule is C#Cc1cc(C(=O)Nc2cc(F)cc(Oc3cncnc3)c2)ccc1F.C#Cc1cccc(C(=O)Nc2cc(Cl)cc(Oc3cccnc3)c2)c1.Cc1cccc(C(=O)Nc2cc(C#N)cc(Oc3cncnc3)c2)c1.Cc1cccc(C(=O)Nc2cc(Cl)cc(Oc3ccc(C)nc3)c2)c1.Cc1cccc(C(=O)Nc2cccc(Oc3cncnc3)c2)c1. The monoisotopic (exact) mass is 1690 g/mol. The highest BCUT2D eigenvalue weighted by Gasteiger charge is 2.17. The number of anilines is 5. The van der Waals surface area contributed by atoms with Crippen molar-refractivity contribution >= 4 is 81.2 Å². The molecule has 0 aliphatic heterocycles. The van der Waals surface area contributed by atoms with Gasteiger partial charge in [0, 0.05) is 120 Å². The highest BCUT2D eigenvalue weighted by molar-refractivity contribution is 6.31. The Kier molecular flexibility index (Phi) is 31.3. The molecule has 0 aliphatic carbocycles. The molecule has 0 saturated heterocycles. The van der Waals surface area contributed by atoms with Crippen molar-refractivity contribution in [2.24, 2.45) is 0 Å². The van der Waals surface area contributed by atoms with Gasteiger partial charge in [-0.3, -0.25) is 33.9 Å². The van der Waals surface area contributed by atoms with Crippen LogP contribution in [0.4, 0.5) is 37.2 Å². The van der Waals surface area contributed by atoms with Crippen LogP contribution in [0.3, 0.4) is 0 Å². The van der Waals surface area contributed by atoms with Gasteiger partial charge in [-0.25, -0.2) is 38.7 Å². The molecule has 0 unspecified atom stereocenters. The predicted molar refractivity (Wildman–Crippen MR) is 469 cm³/mol. The lowest BCUT2D eigenvalue weighted by Gasteiger charge is -2.10. The molecule has 124 heavy (non-hydrogen) atoms. The molecule has 0 bridgehead atoms. The molecule has 0 fully saturated rings. The summed E-state index contributed by atoms with van der Waals surface area (Å²) < 4.78 is 55.4. The Hall–Kier alpha value is -16.9. The van der Waals surface area contributed by atoms with Gasteiger partial charge in [0.15, 0.2) is 17.2 Å². The summed E-state index contributed by atoms with van der Waals surface area (Å²) in [7, 11) is 0. The van der Waals surface area contributed by atoms with Crippen LogP contribution in [-0.2, 0) is 0 Å². The Bertz CT molecular complexity index is 6430. The van der Waals surface area contributed by atoms with Crippen LogP contribution in [0, 0.1) is 75.3 Å². The Morgan fingerprint density at radius 3 is 1.19 bits per heavy atom. The second-order valence-corrected chi connectivity index (χ2v) is 27.3. The van der Waals surface area contributed by atoms with Gasteiger partial charge < -0.3 is 50.3 Å². The van der Waals surface area contributed by atoms with E-state index < -0.39 is 17.5 Å². The minimum Gasteiger partial charge on any atom is -0.456 e. The van der Waals surface area contributed by atoms with Crippen LogP contribution >= 0.6 is 23.2 Å². The zero-order valence-electron chi connectivity index (χ0n) is 66.2. The summed E-state index contributed by atoms with van der Waals surface area (Å²) in [4.78, 5) is 93.0.